The van der Waals surface area contributed by atoms with Crippen LogP contribution in [0.25, 0.3) is 0 Å². The first-order valence-electron chi connectivity index (χ1n) is 5.71. The van der Waals surface area contributed by atoms with Gasteiger partial charge < -0.3 is 9.84 Å². The topological polar surface area (TPSA) is 47.3 Å². The molecule has 4 nitrogen and oxygen atoms in total. The summed E-state index contributed by atoms with van der Waals surface area (Å²) in [7, 11) is 0. The fourth-order valence-electron chi connectivity index (χ4n) is 1.90. The lowest BCUT2D eigenvalue weighted by atomic mass is 10.1. The summed E-state index contributed by atoms with van der Waals surface area (Å²) < 4.78 is 8.31. The van der Waals surface area contributed by atoms with E-state index in [1.54, 1.807) is 6.20 Å². The van der Waals surface area contributed by atoms with Crippen LogP contribution in [0.4, 0.5) is 0 Å². The van der Waals surface area contributed by atoms with E-state index in [-0.39, 0.29) is 12.1 Å². The van der Waals surface area contributed by atoms with E-state index in [0.29, 0.717) is 6.61 Å². The summed E-state index contributed by atoms with van der Waals surface area (Å²) >= 11 is 5.27. The molecule has 1 aliphatic heterocycles. The molecule has 1 aromatic heterocycles. The maximum atomic E-state index is 10.4. The van der Waals surface area contributed by atoms with E-state index < -0.39 is 6.10 Å². The maximum absolute atomic E-state index is 10.4. The largest absolute Gasteiger partial charge is 0.384 e. The molecule has 1 fully saturated rings. The van der Waals surface area contributed by atoms with Gasteiger partial charge in [0.1, 0.15) is 6.10 Å². The second-order valence-electron chi connectivity index (χ2n) is 4.35. The van der Waals surface area contributed by atoms with Gasteiger partial charge >= 0.3 is 0 Å². The SMILES string of the molecule is CC(C)n1ncc(Br)c1C(O)C1CSCCO1. The number of thioether (sulfide) groups is 1. The molecule has 0 spiro atoms. The van der Waals surface area contributed by atoms with Crippen molar-refractivity contribution in [3.05, 3.63) is 16.4 Å². The van der Waals surface area contributed by atoms with Crippen molar-refractivity contribution in [3.63, 3.8) is 0 Å². The summed E-state index contributed by atoms with van der Waals surface area (Å²) in [6.07, 6.45) is 0.968. The van der Waals surface area contributed by atoms with Crippen molar-refractivity contribution < 1.29 is 9.84 Å². The van der Waals surface area contributed by atoms with E-state index in [1.807, 2.05) is 30.3 Å². The van der Waals surface area contributed by atoms with Gasteiger partial charge in [-0.3, -0.25) is 4.68 Å². The molecule has 1 saturated heterocycles. The summed E-state index contributed by atoms with van der Waals surface area (Å²) in [5, 5.41) is 14.7. The number of aliphatic hydroxyl groups is 1. The van der Waals surface area contributed by atoms with Crippen molar-refractivity contribution in [2.45, 2.75) is 32.1 Å². The Morgan fingerprint density at radius 1 is 1.65 bits per heavy atom. The lowest BCUT2D eigenvalue weighted by molar-refractivity contribution is -0.0272. The number of nitrogens with zero attached hydrogens (tertiary/aromatic N) is 2. The molecule has 2 rings (SSSR count). The Morgan fingerprint density at radius 2 is 2.41 bits per heavy atom. The normalized spacial score (nSPS) is 23.0. The average molecular weight is 321 g/mol. The lowest BCUT2D eigenvalue weighted by Gasteiger charge is -2.28. The molecule has 0 bridgehead atoms. The molecule has 1 aromatic rings. The van der Waals surface area contributed by atoms with Crippen LogP contribution in [0.1, 0.15) is 31.7 Å². The van der Waals surface area contributed by atoms with Crippen LogP contribution in [0.2, 0.25) is 0 Å². The zero-order chi connectivity index (χ0) is 12.4. The Morgan fingerprint density at radius 3 is 3.00 bits per heavy atom. The summed E-state index contributed by atoms with van der Waals surface area (Å²) in [5.74, 6) is 1.84. The first kappa shape index (κ1) is 13.4. The molecule has 6 heteroatoms. The first-order valence-corrected chi connectivity index (χ1v) is 7.66. The Kier molecular flexibility index (Phi) is 4.52. The lowest BCUT2D eigenvalue weighted by Crippen LogP contribution is -2.31. The summed E-state index contributed by atoms with van der Waals surface area (Å²) in [6.45, 7) is 4.80. The zero-order valence-corrected chi connectivity index (χ0v) is 12.4. The number of hydrogen-bond donors (Lipinski definition) is 1. The van der Waals surface area contributed by atoms with E-state index in [2.05, 4.69) is 21.0 Å². The number of hydrogen-bond acceptors (Lipinski definition) is 4. The van der Waals surface area contributed by atoms with Crippen molar-refractivity contribution >= 4 is 27.7 Å². The number of ether oxygens (including phenoxy) is 1. The Labute approximate surface area is 114 Å². The molecular weight excluding hydrogens is 304 g/mol. The Bertz CT molecular complexity index is 378. The van der Waals surface area contributed by atoms with E-state index in [9.17, 15) is 5.11 Å². The minimum atomic E-state index is -0.623. The molecule has 2 unspecified atom stereocenters. The number of rotatable bonds is 3. The minimum Gasteiger partial charge on any atom is -0.384 e. The molecule has 0 aromatic carbocycles. The smallest absolute Gasteiger partial charge is 0.124 e. The van der Waals surface area contributed by atoms with Crippen LogP contribution in [0.15, 0.2) is 10.7 Å². The average Bonchev–Trinajstić information content (AvgIpc) is 2.71. The highest BCUT2D eigenvalue weighted by molar-refractivity contribution is 9.10. The minimum absolute atomic E-state index is 0.140. The molecule has 0 amide bonds. The zero-order valence-electron chi connectivity index (χ0n) is 9.97. The highest BCUT2D eigenvalue weighted by atomic mass is 79.9. The van der Waals surface area contributed by atoms with E-state index in [0.717, 1.165) is 21.7 Å². The summed E-state index contributed by atoms with van der Waals surface area (Å²) in [4.78, 5) is 0. The van der Waals surface area contributed by atoms with Gasteiger partial charge in [-0.2, -0.15) is 16.9 Å². The molecule has 96 valence electrons. The van der Waals surface area contributed by atoms with Crippen LogP contribution in [0, 0.1) is 0 Å². The van der Waals surface area contributed by atoms with Gasteiger partial charge in [0, 0.05) is 17.5 Å². The molecule has 1 aliphatic rings. The molecule has 17 heavy (non-hydrogen) atoms. The Balaban J connectivity index is 2.22. The third kappa shape index (κ3) is 2.86. The molecule has 0 aliphatic carbocycles. The third-order valence-electron chi connectivity index (χ3n) is 2.75. The molecule has 0 saturated carbocycles. The van der Waals surface area contributed by atoms with E-state index >= 15 is 0 Å². The van der Waals surface area contributed by atoms with Gasteiger partial charge in [-0.25, -0.2) is 0 Å². The fourth-order valence-corrected chi connectivity index (χ4v) is 3.30. The number of aliphatic hydroxyl groups excluding tert-OH is 1. The van der Waals surface area contributed by atoms with Crippen molar-refractivity contribution in [1.82, 2.24) is 9.78 Å². The van der Waals surface area contributed by atoms with Gasteiger partial charge in [0.25, 0.3) is 0 Å². The van der Waals surface area contributed by atoms with Crippen molar-refractivity contribution in [2.24, 2.45) is 0 Å². The molecule has 1 N–H and O–H groups in total. The molecule has 2 heterocycles. The van der Waals surface area contributed by atoms with Crippen LogP contribution >= 0.6 is 27.7 Å². The van der Waals surface area contributed by atoms with Gasteiger partial charge in [0.15, 0.2) is 0 Å². The van der Waals surface area contributed by atoms with Crippen molar-refractivity contribution in [3.8, 4) is 0 Å². The fraction of sp³-hybridized carbons (Fsp3) is 0.727. The van der Waals surface area contributed by atoms with E-state index in [1.165, 1.54) is 0 Å². The van der Waals surface area contributed by atoms with Crippen LogP contribution in [0.5, 0.6) is 0 Å². The van der Waals surface area contributed by atoms with Crippen molar-refractivity contribution in [2.75, 3.05) is 18.1 Å². The van der Waals surface area contributed by atoms with Crippen LogP contribution < -0.4 is 0 Å². The summed E-state index contributed by atoms with van der Waals surface area (Å²) in [6, 6.07) is 0.224. The molecular formula is C11H17BrN2O2S. The van der Waals surface area contributed by atoms with E-state index in [4.69, 9.17) is 4.74 Å². The highest BCUT2D eigenvalue weighted by Crippen LogP contribution is 2.31. The highest BCUT2D eigenvalue weighted by Gasteiger charge is 2.29. The predicted octanol–water partition coefficient (Wildman–Crippen LogP) is 2.39. The van der Waals surface area contributed by atoms with Crippen LogP contribution in [0.3, 0.4) is 0 Å². The third-order valence-corrected chi connectivity index (χ3v) is 4.38. The van der Waals surface area contributed by atoms with Gasteiger partial charge in [0.05, 0.1) is 29.1 Å². The summed E-state index contributed by atoms with van der Waals surface area (Å²) in [5.41, 5.74) is 0.813. The van der Waals surface area contributed by atoms with Gasteiger partial charge in [-0.05, 0) is 29.8 Å². The standard InChI is InChI=1S/C11H17BrN2O2S/c1-7(2)14-10(8(12)5-13-14)11(15)9-6-17-4-3-16-9/h5,7,9,11,15H,3-4,6H2,1-2H3. The van der Waals surface area contributed by atoms with Gasteiger partial charge in [-0.15, -0.1) is 0 Å². The number of halogens is 1. The Hall–Kier alpha value is -0.0400. The van der Waals surface area contributed by atoms with Crippen LogP contribution in [-0.2, 0) is 4.74 Å². The quantitative estimate of drug-likeness (QED) is 0.929. The second kappa shape index (κ2) is 5.73. The molecule has 0 radical (unpaired) electrons. The predicted molar refractivity (Wildman–Crippen MR) is 72.3 cm³/mol. The van der Waals surface area contributed by atoms with Crippen molar-refractivity contribution in [1.29, 1.82) is 0 Å². The van der Waals surface area contributed by atoms with Gasteiger partial charge in [0.2, 0.25) is 0 Å². The van der Waals surface area contributed by atoms with Gasteiger partial charge in [-0.1, -0.05) is 0 Å². The number of aromatic nitrogens is 2. The maximum Gasteiger partial charge on any atom is 0.124 e. The monoisotopic (exact) mass is 320 g/mol. The molecule has 2 atom stereocenters. The van der Waals surface area contributed by atoms with Crippen LogP contribution in [-0.4, -0.2) is 39.1 Å². The first-order chi connectivity index (χ1) is 8.11. The second-order valence-corrected chi connectivity index (χ2v) is 6.35.